The highest BCUT2D eigenvalue weighted by molar-refractivity contribution is 5.31. The van der Waals surface area contributed by atoms with Gasteiger partial charge in [0.15, 0.2) is 0 Å². The molecule has 4 heteroatoms. The summed E-state index contributed by atoms with van der Waals surface area (Å²) in [4.78, 5) is 0. The first kappa shape index (κ1) is 16.4. The summed E-state index contributed by atoms with van der Waals surface area (Å²) in [5.41, 5.74) is 2.04. The average molecular weight is 301 g/mol. The first-order chi connectivity index (χ1) is 10.4. The van der Waals surface area contributed by atoms with Crippen LogP contribution in [0, 0.1) is 0 Å². The molecule has 1 aliphatic rings. The monoisotopic (exact) mass is 301 g/mol. The Labute approximate surface area is 133 Å². The van der Waals surface area contributed by atoms with Crippen molar-refractivity contribution in [3.63, 3.8) is 0 Å². The average Bonchev–Trinajstić information content (AvgIpc) is 2.50. The smallest absolute Gasteiger partial charge is 0.123 e. The molecule has 1 unspecified atom stereocenters. The molecule has 3 N–H and O–H groups in total. The molecule has 1 aromatic rings. The number of allylic oxidation sites excluding steroid dienone is 1. The number of ether oxygens (including phenoxy) is 1. The maximum atomic E-state index is 6.35. The Morgan fingerprint density at radius 2 is 2.05 bits per heavy atom. The zero-order chi connectivity index (χ0) is 16.3. The molecule has 22 heavy (non-hydrogen) atoms. The van der Waals surface area contributed by atoms with Crippen molar-refractivity contribution >= 4 is 0 Å². The molecule has 4 nitrogen and oxygen atoms in total. The molecule has 1 fully saturated rings. The molecule has 0 radical (unpaired) electrons. The van der Waals surface area contributed by atoms with E-state index >= 15 is 0 Å². The van der Waals surface area contributed by atoms with E-state index < -0.39 is 0 Å². The lowest BCUT2D eigenvalue weighted by molar-refractivity contribution is 0.0898. The van der Waals surface area contributed by atoms with E-state index in [1.54, 1.807) is 5.01 Å². The van der Waals surface area contributed by atoms with Gasteiger partial charge in [-0.1, -0.05) is 36.9 Å². The molecular formula is C18H27N3O. The molecule has 0 saturated carbocycles. The van der Waals surface area contributed by atoms with Crippen LogP contribution in [0.3, 0.4) is 0 Å². The van der Waals surface area contributed by atoms with Crippen LogP contribution in [0.15, 0.2) is 54.1 Å². The lowest BCUT2D eigenvalue weighted by Crippen LogP contribution is -2.57. The third-order valence-corrected chi connectivity index (χ3v) is 4.20. The lowest BCUT2D eigenvalue weighted by atomic mass is 9.87. The van der Waals surface area contributed by atoms with Crippen molar-refractivity contribution in [2.24, 2.45) is 5.84 Å². The number of nitrogens with one attached hydrogen (secondary N) is 1. The Morgan fingerprint density at radius 1 is 1.41 bits per heavy atom. The standard InChI is InChI=1S/C18H27N3O/c1-6-22-14(3)13(2)17-20-16(12-18(4,5)21(17)19)15-10-8-7-9-11-15/h7-11,16,20H,3,6,12,19H2,1-2,4-5H3/b17-13+. The number of nitrogens with zero attached hydrogens (tertiary/aromatic N) is 1. The van der Waals surface area contributed by atoms with Gasteiger partial charge >= 0.3 is 0 Å². The summed E-state index contributed by atoms with van der Waals surface area (Å²) < 4.78 is 5.54. The molecule has 120 valence electrons. The molecule has 1 aliphatic heterocycles. The number of hydrogen-bond acceptors (Lipinski definition) is 4. The van der Waals surface area contributed by atoms with Crippen LogP contribution in [0.2, 0.25) is 0 Å². The van der Waals surface area contributed by atoms with Crippen molar-refractivity contribution in [3.05, 3.63) is 59.6 Å². The molecule has 0 spiro atoms. The second-order valence-electron chi connectivity index (χ2n) is 6.32. The van der Waals surface area contributed by atoms with Crippen LogP contribution in [0.4, 0.5) is 0 Å². The van der Waals surface area contributed by atoms with Crippen LogP contribution >= 0.6 is 0 Å². The van der Waals surface area contributed by atoms with E-state index in [1.807, 2.05) is 19.9 Å². The van der Waals surface area contributed by atoms with Gasteiger partial charge in [0.25, 0.3) is 0 Å². The molecule has 2 rings (SSSR count). The summed E-state index contributed by atoms with van der Waals surface area (Å²) in [6.45, 7) is 12.8. The number of hydrogen-bond donors (Lipinski definition) is 2. The van der Waals surface area contributed by atoms with Crippen molar-refractivity contribution in [3.8, 4) is 0 Å². The molecule has 1 heterocycles. The lowest BCUT2D eigenvalue weighted by Gasteiger charge is -2.47. The van der Waals surface area contributed by atoms with Crippen LogP contribution in [-0.4, -0.2) is 17.2 Å². The van der Waals surface area contributed by atoms with Crippen LogP contribution in [-0.2, 0) is 4.74 Å². The quantitative estimate of drug-likeness (QED) is 0.660. The summed E-state index contributed by atoms with van der Waals surface area (Å²) in [7, 11) is 0. The van der Waals surface area contributed by atoms with Crippen LogP contribution in [0.25, 0.3) is 0 Å². The number of hydrazine groups is 1. The molecule has 1 saturated heterocycles. The minimum absolute atomic E-state index is 0.158. The molecule has 0 aliphatic carbocycles. The highest BCUT2D eigenvalue weighted by atomic mass is 16.5. The fraction of sp³-hybridized carbons (Fsp3) is 0.444. The van der Waals surface area contributed by atoms with E-state index in [4.69, 9.17) is 10.6 Å². The second kappa shape index (κ2) is 6.44. The molecular weight excluding hydrogens is 274 g/mol. The fourth-order valence-corrected chi connectivity index (χ4v) is 2.78. The van der Waals surface area contributed by atoms with Gasteiger partial charge in [0.1, 0.15) is 11.6 Å². The Bertz CT molecular complexity index is 563. The molecule has 0 amide bonds. The Hall–Kier alpha value is -1.94. The van der Waals surface area contributed by atoms with Gasteiger partial charge in [-0.3, -0.25) is 5.01 Å². The van der Waals surface area contributed by atoms with Crippen LogP contribution < -0.4 is 11.2 Å². The van der Waals surface area contributed by atoms with E-state index in [-0.39, 0.29) is 11.6 Å². The topological polar surface area (TPSA) is 50.5 Å². The molecule has 0 bridgehead atoms. The normalized spacial score (nSPS) is 22.8. The number of benzene rings is 1. The summed E-state index contributed by atoms with van der Waals surface area (Å²) in [5.74, 6) is 7.88. The SMILES string of the molecule is C=C(OCC)/C(C)=C1\NC(c2ccccc2)CC(C)(C)N1N. The van der Waals surface area contributed by atoms with E-state index in [0.717, 1.165) is 17.8 Å². The fourth-order valence-electron chi connectivity index (χ4n) is 2.78. The number of rotatable bonds is 4. The van der Waals surface area contributed by atoms with Crippen molar-refractivity contribution in [1.82, 2.24) is 10.3 Å². The third kappa shape index (κ3) is 3.28. The van der Waals surface area contributed by atoms with Gasteiger partial charge in [-0.05, 0) is 39.7 Å². The second-order valence-corrected chi connectivity index (χ2v) is 6.32. The predicted octanol–water partition coefficient (Wildman–Crippen LogP) is 3.46. The van der Waals surface area contributed by atoms with Crippen LogP contribution in [0.1, 0.15) is 45.7 Å². The Balaban J connectivity index is 2.37. The zero-order valence-corrected chi connectivity index (χ0v) is 14.0. The highest BCUT2D eigenvalue weighted by Crippen LogP contribution is 2.35. The van der Waals surface area contributed by atoms with Gasteiger partial charge in [0.2, 0.25) is 0 Å². The summed E-state index contributed by atoms with van der Waals surface area (Å²) in [5, 5.41) is 5.35. The van der Waals surface area contributed by atoms with E-state index in [0.29, 0.717) is 12.4 Å². The van der Waals surface area contributed by atoms with Crippen molar-refractivity contribution < 1.29 is 4.74 Å². The first-order valence-corrected chi connectivity index (χ1v) is 7.76. The molecule has 1 aromatic carbocycles. The first-order valence-electron chi connectivity index (χ1n) is 7.76. The van der Waals surface area contributed by atoms with Crippen molar-refractivity contribution in [2.45, 2.75) is 45.7 Å². The van der Waals surface area contributed by atoms with E-state index in [1.165, 1.54) is 5.56 Å². The van der Waals surface area contributed by atoms with Gasteiger partial charge in [-0.15, -0.1) is 0 Å². The summed E-state index contributed by atoms with van der Waals surface area (Å²) in [6, 6.07) is 10.7. The largest absolute Gasteiger partial charge is 0.494 e. The van der Waals surface area contributed by atoms with Gasteiger partial charge in [0, 0.05) is 5.57 Å². The maximum absolute atomic E-state index is 6.35. The maximum Gasteiger partial charge on any atom is 0.123 e. The molecule has 1 atom stereocenters. The van der Waals surface area contributed by atoms with Gasteiger partial charge < -0.3 is 10.1 Å². The minimum atomic E-state index is -0.158. The van der Waals surface area contributed by atoms with E-state index in [9.17, 15) is 0 Å². The van der Waals surface area contributed by atoms with Crippen molar-refractivity contribution in [2.75, 3.05) is 6.61 Å². The van der Waals surface area contributed by atoms with Gasteiger partial charge in [-0.25, -0.2) is 5.84 Å². The zero-order valence-electron chi connectivity index (χ0n) is 14.0. The Morgan fingerprint density at radius 3 is 2.64 bits per heavy atom. The van der Waals surface area contributed by atoms with Crippen LogP contribution in [0.5, 0.6) is 0 Å². The third-order valence-electron chi connectivity index (χ3n) is 4.20. The molecule has 0 aromatic heterocycles. The highest BCUT2D eigenvalue weighted by Gasteiger charge is 2.37. The summed E-state index contributed by atoms with van der Waals surface area (Å²) in [6.07, 6.45) is 0.922. The van der Waals surface area contributed by atoms with Gasteiger partial charge in [0.05, 0.1) is 18.2 Å². The minimum Gasteiger partial charge on any atom is -0.494 e. The van der Waals surface area contributed by atoms with Crippen molar-refractivity contribution in [1.29, 1.82) is 0 Å². The summed E-state index contributed by atoms with van der Waals surface area (Å²) >= 11 is 0. The Kier molecular flexibility index (Phi) is 4.81. The predicted molar refractivity (Wildman–Crippen MR) is 90.5 cm³/mol. The number of nitrogens with two attached hydrogens (primary N) is 1. The van der Waals surface area contributed by atoms with Gasteiger partial charge in [-0.2, -0.15) is 0 Å². The van der Waals surface area contributed by atoms with E-state index in [2.05, 4.69) is 50.0 Å².